The molecule has 18 heavy (non-hydrogen) atoms. The monoisotopic (exact) mass is 244 g/mol. The van der Waals surface area contributed by atoms with Crippen molar-refractivity contribution in [1.29, 1.82) is 0 Å². The highest BCUT2D eigenvalue weighted by Crippen LogP contribution is 2.39. The number of hydrogen-bond donors (Lipinski definition) is 1. The molecule has 1 unspecified atom stereocenters. The minimum atomic E-state index is 0.291. The second kappa shape index (κ2) is 4.69. The second-order valence-electron chi connectivity index (χ2n) is 5.09. The molecule has 1 N–H and O–H groups in total. The number of fused-ring (bicyclic) bond motifs is 1. The highest BCUT2D eigenvalue weighted by Gasteiger charge is 2.30. The average molecular weight is 244 g/mol. The van der Waals surface area contributed by atoms with Crippen molar-refractivity contribution in [2.75, 3.05) is 6.54 Å². The first-order chi connectivity index (χ1) is 8.81. The van der Waals surface area contributed by atoms with E-state index in [9.17, 15) is 0 Å². The number of nitrogens with zero attached hydrogens (tertiary/aromatic N) is 3. The van der Waals surface area contributed by atoms with Crippen LogP contribution >= 0.6 is 0 Å². The quantitative estimate of drug-likeness (QED) is 0.879. The zero-order valence-electron chi connectivity index (χ0n) is 11.1. The minimum absolute atomic E-state index is 0.291. The van der Waals surface area contributed by atoms with Crippen LogP contribution in [-0.4, -0.2) is 21.1 Å². The van der Waals surface area contributed by atoms with E-state index in [1.807, 2.05) is 12.3 Å². The fraction of sp³-hybridized carbons (Fsp3) is 0.571. The molecular formula is C14H20N4. The van der Waals surface area contributed by atoms with Gasteiger partial charge in [-0.2, -0.15) is 0 Å². The van der Waals surface area contributed by atoms with E-state index in [0.717, 1.165) is 30.0 Å². The van der Waals surface area contributed by atoms with Gasteiger partial charge in [0, 0.05) is 12.2 Å². The van der Waals surface area contributed by atoms with Crippen LogP contribution in [0.15, 0.2) is 18.3 Å². The lowest BCUT2D eigenvalue weighted by Crippen LogP contribution is -2.22. The molecule has 2 aromatic heterocycles. The molecule has 0 amide bonds. The topological polar surface area (TPSA) is 42.7 Å². The van der Waals surface area contributed by atoms with Gasteiger partial charge in [0.15, 0.2) is 5.65 Å². The fourth-order valence-electron chi connectivity index (χ4n) is 2.40. The van der Waals surface area contributed by atoms with Gasteiger partial charge in [0.25, 0.3) is 0 Å². The van der Waals surface area contributed by atoms with Crippen molar-refractivity contribution in [3.8, 4) is 0 Å². The Bertz CT molecular complexity index is 542. The molecule has 0 radical (unpaired) electrons. The second-order valence-corrected chi connectivity index (χ2v) is 5.09. The van der Waals surface area contributed by atoms with Crippen molar-refractivity contribution >= 4 is 11.2 Å². The maximum Gasteiger partial charge on any atom is 0.160 e. The summed E-state index contributed by atoms with van der Waals surface area (Å²) in [5, 5.41) is 3.52. The predicted molar refractivity (Wildman–Crippen MR) is 72.5 cm³/mol. The van der Waals surface area contributed by atoms with E-state index in [2.05, 4.69) is 34.8 Å². The molecule has 0 aromatic carbocycles. The van der Waals surface area contributed by atoms with E-state index >= 15 is 0 Å². The van der Waals surface area contributed by atoms with Gasteiger partial charge in [0.05, 0.1) is 6.04 Å². The van der Waals surface area contributed by atoms with Gasteiger partial charge in [-0.1, -0.05) is 6.92 Å². The summed E-state index contributed by atoms with van der Waals surface area (Å²) in [6.07, 6.45) is 5.52. The maximum absolute atomic E-state index is 4.76. The number of pyridine rings is 1. The Morgan fingerprint density at radius 2 is 2.33 bits per heavy atom. The Hall–Kier alpha value is -1.42. The molecule has 3 rings (SSSR count). The average Bonchev–Trinajstić information content (AvgIpc) is 3.15. The van der Waals surface area contributed by atoms with Crippen LogP contribution in [0, 0.1) is 0 Å². The van der Waals surface area contributed by atoms with Crippen molar-refractivity contribution < 1.29 is 0 Å². The van der Waals surface area contributed by atoms with Crippen molar-refractivity contribution in [2.45, 2.75) is 45.2 Å². The molecule has 4 heteroatoms. The first kappa shape index (κ1) is 11.7. The van der Waals surface area contributed by atoms with Crippen LogP contribution in [0.4, 0.5) is 0 Å². The standard InChI is InChI=1S/C14H20N4/c1-3-8-15-10(2)13-17-12-5-4-9-16-14(12)18(13)11-6-7-11/h4-5,9-11,15H,3,6-8H2,1-2H3. The van der Waals surface area contributed by atoms with Crippen LogP contribution in [0.1, 0.15) is 51.0 Å². The lowest BCUT2D eigenvalue weighted by atomic mass is 10.3. The minimum Gasteiger partial charge on any atom is -0.308 e. The number of nitrogens with one attached hydrogen (secondary N) is 1. The smallest absolute Gasteiger partial charge is 0.160 e. The maximum atomic E-state index is 4.76. The zero-order chi connectivity index (χ0) is 12.5. The first-order valence-electron chi connectivity index (χ1n) is 6.87. The largest absolute Gasteiger partial charge is 0.308 e. The highest BCUT2D eigenvalue weighted by atomic mass is 15.2. The van der Waals surface area contributed by atoms with Crippen molar-refractivity contribution in [3.05, 3.63) is 24.2 Å². The molecule has 0 aliphatic heterocycles. The molecule has 0 bridgehead atoms. The Balaban J connectivity index is 2.01. The van der Waals surface area contributed by atoms with Crippen molar-refractivity contribution in [2.24, 2.45) is 0 Å². The van der Waals surface area contributed by atoms with Crippen LogP contribution < -0.4 is 5.32 Å². The predicted octanol–water partition coefficient (Wildman–Crippen LogP) is 2.83. The van der Waals surface area contributed by atoms with Gasteiger partial charge in [-0.3, -0.25) is 0 Å². The molecule has 2 aromatic rings. The van der Waals surface area contributed by atoms with Gasteiger partial charge in [-0.15, -0.1) is 0 Å². The summed E-state index contributed by atoms with van der Waals surface area (Å²) in [7, 11) is 0. The summed E-state index contributed by atoms with van der Waals surface area (Å²) in [5.41, 5.74) is 2.06. The summed E-state index contributed by atoms with van der Waals surface area (Å²) >= 11 is 0. The van der Waals surface area contributed by atoms with E-state index in [1.54, 1.807) is 0 Å². The van der Waals surface area contributed by atoms with Crippen LogP contribution in [0.3, 0.4) is 0 Å². The van der Waals surface area contributed by atoms with E-state index in [-0.39, 0.29) is 0 Å². The van der Waals surface area contributed by atoms with E-state index in [0.29, 0.717) is 12.1 Å². The van der Waals surface area contributed by atoms with Crippen LogP contribution in [0.5, 0.6) is 0 Å². The number of rotatable bonds is 5. The molecule has 1 aliphatic rings. The zero-order valence-corrected chi connectivity index (χ0v) is 11.1. The van der Waals surface area contributed by atoms with E-state index in [1.165, 1.54) is 12.8 Å². The third-order valence-electron chi connectivity index (χ3n) is 3.48. The van der Waals surface area contributed by atoms with Crippen LogP contribution in [0.25, 0.3) is 11.2 Å². The molecule has 96 valence electrons. The van der Waals surface area contributed by atoms with Crippen molar-refractivity contribution in [1.82, 2.24) is 19.9 Å². The molecule has 1 fully saturated rings. The summed E-state index contributed by atoms with van der Waals surface area (Å²) < 4.78 is 2.34. The summed E-state index contributed by atoms with van der Waals surface area (Å²) in [6, 6.07) is 4.92. The fourth-order valence-corrected chi connectivity index (χ4v) is 2.40. The van der Waals surface area contributed by atoms with E-state index in [4.69, 9.17) is 4.98 Å². The lowest BCUT2D eigenvalue weighted by molar-refractivity contribution is 0.517. The summed E-state index contributed by atoms with van der Waals surface area (Å²) in [4.78, 5) is 9.26. The van der Waals surface area contributed by atoms with Crippen LogP contribution in [-0.2, 0) is 0 Å². The molecule has 1 atom stereocenters. The molecule has 4 nitrogen and oxygen atoms in total. The molecular weight excluding hydrogens is 224 g/mol. The Labute approximate surface area is 107 Å². The van der Waals surface area contributed by atoms with Crippen LogP contribution in [0.2, 0.25) is 0 Å². The van der Waals surface area contributed by atoms with Gasteiger partial charge in [0.2, 0.25) is 0 Å². The van der Waals surface area contributed by atoms with Crippen molar-refractivity contribution in [3.63, 3.8) is 0 Å². The molecule has 2 heterocycles. The SMILES string of the molecule is CCCNC(C)c1nc2cccnc2n1C1CC1. The molecule has 0 saturated heterocycles. The van der Waals surface area contributed by atoms with Gasteiger partial charge in [0.1, 0.15) is 11.3 Å². The number of hydrogen-bond acceptors (Lipinski definition) is 3. The van der Waals surface area contributed by atoms with Gasteiger partial charge in [-0.25, -0.2) is 9.97 Å². The Morgan fingerprint density at radius 3 is 3.06 bits per heavy atom. The first-order valence-corrected chi connectivity index (χ1v) is 6.87. The van der Waals surface area contributed by atoms with Gasteiger partial charge >= 0.3 is 0 Å². The summed E-state index contributed by atoms with van der Waals surface area (Å²) in [6.45, 7) is 5.41. The summed E-state index contributed by atoms with van der Waals surface area (Å²) in [5.74, 6) is 1.14. The van der Waals surface area contributed by atoms with Gasteiger partial charge in [-0.05, 0) is 44.9 Å². The van der Waals surface area contributed by atoms with Gasteiger partial charge < -0.3 is 9.88 Å². The third kappa shape index (κ3) is 2.01. The number of aromatic nitrogens is 3. The number of imidazole rings is 1. The third-order valence-corrected chi connectivity index (χ3v) is 3.48. The molecule has 1 saturated carbocycles. The Morgan fingerprint density at radius 1 is 1.50 bits per heavy atom. The molecule has 0 spiro atoms. The molecule has 1 aliphatic carbocycles. The highest BCUT2D eigenvalue weighted by molar-refractivity contribution is 5.71. The Kier molecular flexibility index (Phi) is 3.04. The normalized spacial score (nSPS) is 17.2. The lowest BCUT2D eigenvalue weighted by Gasteiger charge is -2.14. The van der Waals surface area contributed by atoms with E-state index < -0.39 is 0 Å².